The Kier molecular flexibility index (Phi) is 7.99. The van der Waals surface area contributed by atoms with Crippen LogP contribution in [0.2, 0.25) is 0 Å². The average Bonchev–Trinajstić information content (AvgIpc) is 2.51. The largest absolute Gasteiger partial charge is 0.481 e. The number of hydrogen-bond donors (Lipinski definition) is 4. The van der Waals surface area contributed by atoms with E-state index < -0.39 is 5.97 Å². The molecule has 0 fully saturated rings. The van der Waals surface area contributed by atoms with Crippen molar-refractivity contribution in [3.63, 3.8) is 0 Å². The third kappa shape index (κ3) is 7.64. The summed E-state index contributed by atoms with van der Waals surface area (Å²) in [5.74, 6) is -0.897. The number of aliphatic carboxylic acids is 1. The minimum Gasteiger partial charge on any atom is -0.481 e. The van der Waals surface area contributed by atoms with E-state index in [1.807, 2.05) is 37.3 Å². The van der Waals surface area contributed by atoms with Crippen molar-refractivity contribution in [2.24, 2.45) is 5.92 Å². The van der Waals surface area contributed by atoms with Crippen LogP contribution in [0.3, 0.4) is 0 Å². The van der Waals surface area contributed by atoms with Crippen LogP contribution in [0.15, 0.2) is 30.3 Å². The van der Waals surface area contributed by atoms with E-state index in [1.54, 1.807) is 0 Å². The van der Waals surface area contributed by atoms with Gasteiger partial charge in [-0.3, -0.25) is 4.79 Å². The number of hydrogen-bond acceptors (Lipinski definition) is 3. The lowest BCUT2D eigenvalue weighted by Crippen LogP contribution is -2.44. The fourth-order valence-corrected chi connectivity index (χ4v) is 1.99. The third-order valence-corrected chi connectivity index (χ3v) is 3.29. The molecule has 1 rings (SSSR count). The number of aliphatic hydroxyl groups excluding tert-OH is 1. The Morgan fingerprint density at radius 2 is 1.91 bits per heavy atom. The molecule has 0 aliphatic carbocycles. The van der Waals surface area contributed by atoms with Crippen LogP contribution < -0.4 is 10.6 Å². The quantitative estimate of drug-likeness (QED) is 0.554. The molecule has 6 nitrogen and oxygen atoms in total. The first-order valence-corrected chi connectivity index (χ1v) is 7.42. The summed E-state index contributed by atoms with van der Waals surface area (Å²) in [5, 5.41) is 23.2. The van der Waals surface area contributed by atoms with Crippen molar-refractivity contribution in [1.82, 2.24) is 10.6 Å². The van der Waals surface area contributed by atoms with Gasteiger partial charge in [0.15, 0.2) is 0 Å². The Morgan fingerprint density at radius 1 is 1.23 bits per heavy atom. The first-order valence-electron chi connectivity index (χ1n) is 7.42. The molecular formula is C16H24N2O4. The molecular weight excluding hydrogens is 284 g/mol. The van der Waals surface area contributed by atoms with Gasteiger partial charge in [0, 0.05) is 25.6 Å². The van der Waals surface area contributed by atoms with Gasteiger partial charge in [-0.25, -0.2) is 4.79 Å². The van der Waals surface area contributed by atoms with Crippen molar-refractivity contribution >= 4 is 12.0 Å². The predicted molar refractivity (Wildman–Crippen MR) is 83.6 cm³/mol. The van der Waals surface area contributed by atoms with Crippen LogP contribution in [0.4, 0.5) is 4.79 Å². The molecule has 0 aliphatic heterocycles. The van der Waals surface area contributed by atoms with E-state index >= 15 is 0 Å². The van der Waals surface area contributed by atoms with Crippen molar-refractivity contribution < 1.29 is 19.8 Å². The zero-order valence-corrected chi connectivity index (χ0v) is 12.8. The molecule has 1 aromatic carbocycles. The second kappa shape index (κ2) is 9.78. The Balaban J connectivity index is 2.53. The maximum Gasteiger partial charge on any atom is 0.315 e. The fraction of sp³-hybridized carbons (Fsp3) is 0.500. The molecule has 2 amide bonds. The Bertz CT molecular complexity index is 464. The van der Waals surface area contributed by atoms with Crippen LogP contribution >= 0.6 is 0 Å². The van der Waals surface area contributed by atoms with Gasteiger partial charge in [0.05, 0.1) is 0 Å². The van der Waals surface area contributed by atoms with E-state index in [-0.39, 0.29) is 31.0 Å². The highest BCUT2D eigenvalue weighted by Crippen LogP contribution is 2.08. The number of urea groups is 1. The van der Waals surface area contributed by atoms with Gasteiger partial charge in [-0.05, 0) is 24.3 Å². The number of carbonyl (C=O) groups is 2. The standard InChI is InChI=1S/C16H24N2O4/c1-12(11-19)10-17-16(22)18-14(7-8-15(20)21)9-13-5-3-2-4-6-13/h2-6,12,14,19H,7-11H2,1H3,(H,20,21)(H2,17,18,22). The molecule has 0 radical (unpaired) electrons. The molecule has 0 heterocycles. The summed E-state index contributed by atoms with van der Waals surface area (Å²) in [4.78, 5) is 22.6. The Morgan fingerprint density at radius 3 is 2.50 bits per heavy atom. The van der Waals surface area contributed by atoms with Crippen molar-refractivity contribution in [2.45, 2.75) is 32.2 Å². The molecule has 22 heavy (non-hydrogen) atoms. The molecule has 6 heteroatoms. The van der Waals surface area contributed by atoms with Crippen molar-refractivity contribution in [1.29, 1.82) is 0 Å². The SMILES string of the molecule is CC(CO)CNC(=O)NC(CCC(=O)O)Cc1ccccc1. The van der Waals surface area contributed by atoms with Crippen LogP contribution in [0.25, 0.3) is 0 Å². The first-order chi connectivity index (χ1) is 10.5. The first kappa shape index (κ1) is 18.0. The monoisotopic (exact) mass is 308 g/mol. The number of aliphatic hydroxyl groups is 1. The summed E-state index contributed by atoms with van der Waals surface area (Å²) in [7, 11) is 0. The molecule has 4 N–H and O–H groups in total. The number of amides is 2. The van der Waals surface area contributed by atoms with Crippen molar-refractivity contribution in [2.75, 3.05) is 13.2 Å². The van der Waals surface area contributed by atoms with Gasteiger partial charge in [-0.1, -0.05) is 37.3 Å². The lowest BCUT2D eigenvalue weighted by Gasteiger charge is -2.19. The van der Waals surface area contributed by atoms with E-state index in [1.165, 1.54) is 0 Å². The minimum absolute atomic E-state index is 0.00478. The lowest BCUT2D eigenvalue weighted by atomic mass is 10.0. The van der Waals surface area contributed by atoms with Crippen LogP contribution in [0, 0.1) is 5.92 Å². The summed E-state index contributed by atoms with van der Waals surface area (Å²) < 4.78 is 0. The van der Waals surface area contributed by atoms with Crippen LogP contribution in [-0.2, 0) is 11.2 Å². The van der Waals surface area contributed by atoms with Crippen molar-refractivity contribution in [3.05, 3.63) is 35.9 Å². The summed E-state index contributed by atoms with van der Waals surface area (Å²) in [6, 6.07) is 9.03. The summed E-state index contributed by atoms with van der Waals surface area (Å²) in [5.41, 5.74) is 1.04. The smallest absolute Gasteiger partial charge is 0.315 e. The summed E-state index contributed by atoms with van der Waals surface area (Å²) >= 11 is 0. The van der Waals surface area contributed by atoms with E-state index in [2.05, 4.69) is 10.6 Å². The van der Waals surface area contributed by atoms with Gasteiger partial charge in [-0.2, -0.15) is 0 Å². The Hall–Kier alpha value is -2.08. The predicted octanol–water partition coefficient (Wildman–Crippen LogP) is 1.39. The molecule has 1 aromatic rings. The van der Waals surface area contributed by atoms with E-state index in [0.29, 0.717) is 19.4 Å². The van der Waals surface area contributed by atoms with Crippen molar-refractivity contribution in [3.8, 4) is 0 Å². The van der Waals surface area contributed by atoms with Gasteiger partial charge in [0.2, 0.25) is 0 Å². The molecule has 0 saturated carbocycles. The molecule has 122 valence electrons. The van der Waals surface area contributed by atoms with Gasteiger partial charge in [0.25, 0.3) is 0 Å². The number of benzene rings is 1. The summed E-state index contributed by atoms with van der Waals surface area (Å²) in [6.07, 6.45) is 0.953. The maximum atomic E-state index is 11.9. The summed E-state index contributed by atoms with van der Waals surface area (Å²) in [6.45, 7) is 2.21. The van der Waals surface area contributed by atoms with E-state index in [4.69, 9.17) is 10.2 Å². The van der Waals surface area contributed by atoms with E-state index in [9.17, 15) is 9.59 Å². The van der Waals surface area contributed by atoms with Gasteiger partial charge in [0.1, 0.15) is 0 Å². The number of carboxylic acids is 1. The molecule has 0 aliphatic rings. The third-order valence-electron chi connectivity index (χ3n) is 3.29. The molecule has 2 atom stereocenters. The Labute approximate surface area is 130 Å². The molecule has 0 saturated heterocycles. The van der Waals surface area contributed by atoms with Crippen LogP contribution in [0.1, 0.15) is 25.3 Å². The minimum atomic E-state index is -0.880. The zero-order valence-electron chi connectivity index (χ0n) is 12.8. The number of rotatable bonds is 9. The number of nitrogens with one attached hydrogen (secondary N) is 2. The number of carboxylic acid groups (broad SMARTS) is 1. The maximum absolute atomic E-state index is 11.9. The second-order valence-corrected chi connectivity index (χ2v) is 5.46. The second-order valence-electron chi connectivity index (χ2n) is 5.46. The van der Waals surface area contributed by atoms with Gasteiger partial charge >= 0.3 is 12.0 Å². The molecule has 2 unspecified atom stereocenters. The normalized spacial score (nSPS) is 13.2. The van der Waals surface area contributed by atoms with Crippen LogP contribution in [-0.4, -0.2) is 41.4 Å². The molecule has 0 bridgehead atoms. The zero-order chi connectivity index (χ0) is 16.4. The fourth-order valence-electron chi connectivity index (χ4n) is 1.99. The lowest BCUT2D eigenvalue weighted by molar-refractivity contribution is -0.137. The average molecular weight is 308 g/mol. The highest BCUT2D eigenvalue weighted by atomic mass is 16.4. The topological polar surface area (TPSA) is 98.7 Å². The van der Waals surface area contributed by atoms with Gasteiger partial charge in [-0.15, -0.1) is 0 Å². The molecule has 0 spiro atoms. The number of carbonyl (C=O) groups excluding carboxylic acids is 1. The highest BCUT2D eigenvalue weighted by molar-refractivity contribution is 5.74. The molecule has 0 aromatic heterocycles. The highest BCUT2D eigenvalue weighted by Gasteiger charge is 2.15. The van der Waals surface area contributed by atoms with Crippen LogP contribution in [0.5, 0.6) is 0 Å². The van der Waals surface area contributed by atoms with E-state index in [0.717, 1.165) is 5.56 Å². The van der Waals surface area contributed by atoms with Gasteiger partial charge < -0.3 is 20.8 Å².